The third kappa shape index (κ3) is 3.39. The number of hydrogen-bond acceptors (Lipinski definition) is 1. The minimum Gasteiger partial charge on any atom is -0.345 e. The van der Waals surface area contributed by atoms with Crippen LogP contribution in [0.25, 0.3) is 0 Å². The van der Waals surface area contributed by atoms with Gasteiger partial charge in [0.15, 0.2) is 0 Å². The van der Waals surface area contributed by atoms with Crippen molar-refractivity contribution in [3.8, 4) is 0 Å². The van der Waals surface area contributed by atoms with Crippen LogP contribution in [0.15, 0.2) is 41.0 Å². The number of carbonyl (C=O) groups excluding carboxylic acids is 1. The predicted molar refractivity (Wildman–Crippen MR) is 80.4 cm³/mol. The highest BCUT2D eigenvalue weighted by atomic mass is 79.9. The minimum absolute atomic E-state index is 0.0973. The summed E-state index contributed by atoms with van der Waals surface area (Å²) in [6, 6.07) is 9.18. The van der Waals surface area contributed by atoms with Gasteiger partial charge in [-0.2, -0.15) is 0 Å². The van der Waals surface area contributed by atoms with Gasteiger partial charge in [0.25, 0.3) is 5.91 Å². The largest absolute Gasteiger partial charge is 0.345 e. The average molecular weight is 342 g/mol. The van der Waals surface area contributed by atoms with Gasteiger partial charge in [0.2, 0.25) is 0 Å². The predicted octanol–water partition coefficient (Wildman–Crippen LogP) is 3.93. The molecule has 2 aromatic rings. The van der Waals surface area contributed by atoms with Gasteiger partial charge in [0.1, 0.15) is 5.69 Å². The van der Waals surface area contributed by atoms with Crippen molar-refractivity contribution in [1.82, 2.24) is 9.88 Å². The number of amides is 1. The van der Waals surface area contributed by atoms with Gasteiger partial charge in [0.05, 0.1) is 6.04 Å². The lowest BCUT2D eigenvalue weighted by molar-refractivity contribution is 0.0931. The molecule has 5 heteroatoms. The van der Waals surface area contributed by atoms with Crippen LogP contribution < -0.4 is 5.32 Å². The third-order valence-corrected chi connectivity index (χ3v) is 3.57. The van der Waals surface area contributed by atoms with Crippen molar-refractivity contribution in [2.24, 2.45) is 7.05 Å². The summed E-state index contributed by atoms with van der Waals surface area (Å²) < 4.78 is 2.67. The summed E-state index contributed by atoms with van der Waals surface area (Å²) in [5.74, 6) is -0.110. The molecule has 0 saturated carbocycles. The molecule has 19 heavy (non-hydrogen) atoms. The fourth-order valence-corrected chi connectivity index (χ4v) is 2.60. The molecule has 0 saturated heterocycles. The van der Waals surface area contributed by atoms with E-state index < -0.39 is 0 Å². The Morgan fingerprint density at radius 1 is 1.42 bits per heavy atom. The Morgan fingerprint density at radius 3 is 2.74 bits per heavy atom. The number of nitrogens with zero attached hydrogens (tertiary/aromatic N) is 1. The highest BCUT2D eigenvalue weighted by Gasteiger charge is 2.14. The highest BCUT2D eigenvalue weighted by Crippen LogP contribution is 2.19. The Morgan fingerprint density at radius 2 is 2.16 bits per heavy atom. The number of carbonyl (C=O) groups is 1. The van der Waals surface area contributed by atoms with Crippen molar-refractivity contribution in [1.29, 1.82) is 0 Å². The monoisotopic (exact) mass is 340 g/mol. The molecule has 0 bridgehead atoms. The van der Waals surface area contributed by atoms with E-state index in [9.17, 15) is 4.79 Å². The first kappa shape index (κ1) is 14.2. The van der Waals surface area contributed by atoms with Crippen LogP contribution in [0.3, 0.4) is 0 Å². The summed E-state index contributed by atoms with van der Waals surface area (Å²) in [6.07, 6.45) is 1.85. The molecule has 1 N–H and O–H groups in total. The van der Waals surface area contributed by atoms with Gasteiger partial charge in [-0.3, -0.25) is 4.79 Å². The third-order valence-electron chi connectivity index (χ3n) is 2.90. The summed E-state index contributed by atoms with van der Waals surface area (Å²) >= 11 is 9.30. The number of benzene rings is 1. The first-order chi connectivity index (χ1) is 8.97. The van der Waals surface area contributed by atoms with Crippen LogP contribution in [0.4, 0.5) is 0 Å². The zero-order valence-corrected chi connectivity index (χ0v) is 13.0. The Kier molecular flexibility index (Phi) is 4.32. The van der Waals surface area contributed by atoms with Gasteiger partial charge in [-0.25, -0.2) is 0 Å². The molecule has 0 spiro atoms. The molecule has 2 rings (SSSR count). The maximum absolute atomic E-state index is 12.2. The molecular weight excluding hydrogens is 328 g/mol. The fourth-order valence-electron chi connectivity index (χ4n) is 1.88. The molecule has 1 aromatic heterocycles. The van der Waals surface area contributed by atoms with Crippen molar-refractivity contribution in [2.75, 3.05) is 0 Å². The smallest absolute Gasteiger partial charge is 0.268 e. The van der Waals surface area contributed by atoms with Crippen molar-refractivity contribution in [2.45, 2.75) is 13.0 Å². The van der Waals surface area contributed by atoms with E-state index in [-0.39, 0.29) is 11.9 Å². The van der Waals surface area contributed by atoms with E-state index in [1.54, 1.807) is 10.6 Å². The summed E-state index contributed by atoms with van der Waals surface area (Å²) in [5, 5.41) is 3.62. The highest BCUT2D eigenvalue weighted by molar-refractivity contribution is 9.10. The van der Waals surface area contributed by atoms with Crippen LogP contribution >= 0.6 is 27.5 Å². The van der Waals surface area contributed by atoms with E-state index in [2.05, 4.69) is 21.2 Å². The second kappa shape index (κ2) is 5.80. The van der Waals surface area contributed by atoms with E-state index in [1.807, 2.05) is 44.4 Å². The molecule has 100 valence electrons. The van der Waals surface area contributed by atoms with E-state index in [1.165, 1.54) is 0 Å². The molecule has 0 aliphatic heterocycles. The second-order valence-electron chi connectivity index (χ2n) is 4.40. The minimum atomic E-state index is -0.110. The van der Waals surface area contributed by atoms with Gasteiger partial charge in [0, 0.05) is 22.7 Å². The normalized spacial score (nSPS) is 12.2. The number of hydrogen-bond donors (Lipinski definition) is 1. The summed E-state index contributed by atoms with van der Waals surface area (Å²) in [7, 11) is 1.84. The number of halogens is 2. The summed E-state index contributed by atoms with van der Waals surface area (Å²) in [5.41, 5.74) is 1.59. The molecule has 1 heterocycles. The van der Waals surface area contributed by atoms with Crippen LogP contribution in [0.5, 0.6) is 0 Å². The van der Waals surface area contributed by atoms with E-state index in [0.29, 0.717) is 10.7 Å². The summed E-state index contributed by atoms with van der Waals surface area (Å²) in [6.45, 7) is 1.93. The van der Waals surface area contributed by atoms with Crippen LogP contribution in [0.2, 0.25) is 5.02 Å². The molecule has 3 nitrogen and oxygen atoms in total. The number of nitrogens with one attached hydrogen (secondary N) is 1. The van der Waals surface area contributed by atoms with E-state index in [4.69, 9.17) is 11.6 Å². The second-order valence-corrected chi connectivity index (χ2v) is 5.76. The standard InChI is InChI=1S/C14H14BrClN2O/c1-9(10-4-3-5-12(16)6-10)17-14(19)13-7-11(15)8-18(13)2/h3-9H,1-2H3,(H,17,19). The quantitative estimate of drug-likeness (QED) is 0.901. The van der Waals surface area contributed by atoms with Crippen molar-refractivity contribution < 1.29 is 4.79 Å². The van der Waals surface area contributed by atoms with E-state index >= 15 is 0 Å². The van der Waals surface area contributed by atoms with Crippen molar-refractivity contribution >= 4 is 33.4 Å². The average Bonchev–Trinajstić information content (AvgIpc) is 2.68. The van der Waals surface area contributed by atoms with Crippen LogP contribution in [-0.2, 0) is 7.05 Å². The lowest BCUT2D eigenvalue weighted by Gasteiger charge is -2.14. The number of rotatable bonds is 3. The molecule has 0 aliphatic rings. The van der Waals surface area contributed by atoms with Crippen LogP contribution in [0, 0.1) is 0 Å². The lowest BCUT2D eigenvalue weighted by atomic mass is 10.1. The van der Waals surface area contributed by atoms with Gasteiger partial charge in [-0.05, 0) is 46.6 Å². The first-order valence-corrected chi connectivity index (χ1v) is 7.02. The SMILES string of the molecule is CC(NC(=O)c1cc(Br)cn1C)c1cccc(Cl)c1. The van der Waals surface area contributed by atoms with Crippen LogP contribution in [0.1, 0.15) is 29.0 Å². The molecule has 1 aromatic carbocycles. The Balaban J connectivity index is 2.13. The molecule has 1 atom stereocenters. The number of aromatic nitrogens is 1. The zero-order valence-electron chi connectivity index (χ0n) is 10.7. The van der Waals surface area contributed by atoms with Crippen LogP contribution in [-0.4, -0.2) is 10.5 Å². The Labute approximate surface area is 125 Å². The van der Waals surface area contributed by atoms with Gasteiger partial charge in [-0.15, -0.1) is 0 Å². The lowest BCUT2D eigenvalue weighted by Crippen LogP contribution is -2.28. The molecule has 1 amide bonds. The topological polar surface area (TPSA) is 34.0 Å². The van der Waals surface area contributed by atoms with Crippen molar-refractivity contribution in [3.63, 3.8) is 0 Å². The maximum atomic E-state index is 12.2. The van der Waals surface area contributed by atoms with Gasteiger partial charge >= 0.3 is 0 Å². The van der Waals surface area contributed by atoms with Gasteiger partial charge in [-0.1, -0.05) is 23.7 Å². The zero-order chi connectivity index (χ0) is 14.0. The first-order valence-electron chi connectivity index (χ1n) is 5.85. The van der Waals surface area contributed by atoms with Crippen molar-refractivity contribution in [3.05, 3.63) is 57.3 Å². The molecule has 0 radical (unpaired) electrons. The van der Waals surface area contributed by atoms with E-state index in [0.717, 1.165) is 10.0 Å². The summed E-state index contributed by atoms with van der Waals surface area (Å²) in [4.78, 5) is 12.2. The molecule has 1 unspecified atom stereocenters. The van der Waals surface area contributed by atoms with Gasteiger partial charge < -0.3 is 9.88 Å². The fraction of sp³-hybridized carbons (Fsp3) is 0.214. The molecule has 0 aliphatic carbocycles. The number of aryl methyl sites for hydroxylation is 1. The Bertz CT molecular complexity index is 609. The molecular formula is C14H14BrClN2O. The Hall–Kier alpha value is -1.26. The maximum Gasteiger partial charge on any atom is 0.268 e. The molecule has 0 fully saturated rings.